The second-order valence-corrected chi connectivity index (χ2v) is 8.06. The molecule has 4 nitrogen and oxygen atoms in total. The van der Waals surface area contributed by atoms with Gasteiger partial charge in [-0.15, -0.1) is 6.58 Å². The first-order chi connectivity index (χ1) is 11.0. The van der Waals surface area contributed by atoms with E-state index in [-0.39, 0.29) is 23.5 Å². The van der Waals surface area contributed by atoms with E-state index in [1.54, 1.807) is 17.0 Å². The molecule has 2 aromatic rings. The van der Waals surface area contributed by atoms with Crippen LogP contribution in [0, 0.1) is 0 Å². The number of carbonyl (C=O) groups excluding carboxylic acids is 1. The maximum Gasteiger partial charge on any atom is 0.255 e. The molecule has 1 aliphatic rings. The van der Waals surface area contributed by atoms with Gasteiger partial charge in [-0.25, -0.2) is 8.42 Å². The SMILES string of the molecule is C=CCN(C(=O)c1cccc2ccccc12)C1CCS(=O)(=O)C1. The van der Waals surface area contributed by atoms with Crippen LogP contribution in [0.1, 0.15) is 16.8 Å². The first-order valence-corrected chi connectivity index (χ1v) is 9.44. The molecule has 0 radical (unpaired) electrons. The highest BCUT2D eigenvalue weighted by atomic mass is 32.2. The van der Waals surface area contributed by atoms with Crippen molar-refractivity contribution < 1.29 is 13.2 Å². The van der Waals surface area contributed by atoms with Gasteiger partial charge in [0.05, 0.1) is 11.5 Å². The summed E-state index contributed by atoms with van der Waals surface area (Å²) in [5.74, 6) is 0.0506. The van der Waals surface area contributed by atoms with E-state index in [0.29, 0.717) is 18.5 Å². The largest absolute Gasteiger partial charge is 0.331 e. The third-order valence-electron chi connectivity index (χ3n) is 4.26. The highest BCUT2D eigenvalue weighted by Crippen LogP contribution is 2.24. The van der Waals surface area contributed by atoms with Crippen LogP contribution in [-0.4, -0.2) is 43.3 Å². The van der Waals surface area contributed by atoms with Gasteiger partial charge in [0.25, 0.3) is 5.91 Å². The summed E-state index contributed by atoms with van der Waals surface area (Å²) in [5, 5.41) is 1.88. The number of amides is 1. The minimum Gasteiger partial charge on any atom is -0.331 e. The van der Waals surface area contributed by atoms with E-state index in [1.807, 2.05) is 36.4 Å². The van der Waals surface area contributed by atoms with Crippen molar-refractivity contribution in [1.29, 1.82) is 0 Å². The Kier molecular flexibility index (Phi) is 4.22. The fourth-order valence-corrected chi connectivity index (χ4v) is 4.86. The van der Waals surface area contributed by atoms with Crippen LogP contribution in [0.5, 0.6) is 0 Å². The van der Waals surface area contributed by atoms with Gasteiger partial charge in [-0.2, -0.15) is 0 Å². The molecular weight excluding hydrogens is 310 g/mol. The van der Waals surface area contributed by atoms with Gasteiger partial charge in [0.2, 0.25) is 0 Å². The van der Waals surface area contributed by atoms with E-state index in [2.05, 4.69) is 6.58 Å². The molecule has 1 aliphatic heterocycles. The second-order valence-electron chi connectivity index (χ2n) is 5.83. The summed E-state index contributed by atoms with van der Waals surface area (Å²) in [4.78, 5) is 14.7. The lowest BCUT2D eigenvalue weighted by Gasteiger charge is -2.27. The summed E-state index contributed by atoms with van der Waals surface area (Å²) >= 11 is 0. The maximum atomic E-state index is 13.0. The molecule has 0 bridgehead atoms. The number of sulfone groups is 1. The van der Waals surface area contributed by atoms with Crippen LogP contribution < -0.4 is 0 Å². The van der Waals surface area contributed by atoms with Crippen molar-refractivity contribution >= 4 is 26.5 Å². The van der Waals surface area contributed by atoms with Crippen molar-refractivity contribution in [2.24, 2.45) is 0 Å². The summed E-state index contributed by atoms with van der Waals surface area (Å²) in [6.07, 6.45) is 2.14. The second kappa shape index (κ2) is 6.16. The third kappa shape index (κ3) is 3.15. The van der Waals surface area contributed by atoms with E-state index >= 15 is 0 Å². The van der Waals surface area contributed by atoms with Crippen LogP contribution in [-0.2, 0) is 9.84 Å². The molecule has 2 aromatic carbocycles. The highest BCUT2D eigenvalue weighted by Gasteiger charge is 2.34. The van der Waals surface area contributed by atoms with Gasteiger partial charge < -0.3 is 4.90 Å². The van der Waals surface area contributed by atoms with Gasteiger partial charge in [0, 0.05) is 18.2 Å². The molecule has 0 N–H and O–H groups in total. The Morgan fingerprint density at radius 3 is 2.65 bits per heavy atom. The Morgan fingerprint density at radius 2 is 1.96 bits per heavy atom. The average Bonchev–Trinajstić information content (AvgIpc) is 2.91. The molecule has 23 heavy (non-hydrogen) atoms. The first kappa shape index (κ1) is 15.7. The number of benzene rings is 2. The fraction of sp³-hybridized carbons (Fsp3) is 0.278. The lowest BCUT2D eigenvalue weighted by atomic mass is 10.0. The molecule has 1 amide bonds. The Hall–Kier alpha value is -2.14. The Labute approximate surface area is 136 Å². The smallest absolute Gasteiger partial charge is 0.255 e. The Morgan fingerprint density at radius 1 is 1.22 bits per heavy atom. The van der Waals surface area contributed by atoms with Crippen LogP contribution in [0.3, 0.4) is 0 Å². The fourth-order valence-electron chi connectivity index (χ4n) is 3.12. The molecule has 1 heterocycles. The van der Waals surface area contributed by atoms with Crippen LogP contribution in [0.15, 0.2) is 55.1 Å². The molecule has 3 rings (SSSR count). The molecule has 1 saturated heterocycles. The number of nitrogens with zero attached hydrogens (tertiary/aromatic N) is 1. The molecule has 1 unspecified atom stereocenters. The number of fused-ring (bicyclic) bond motifs is 1. The van der Waals surface area contributed by atoms with Crippen molar-refractivity contribution in [2.45, 2.75) is 12.5 Å². The first-order valence-electron chi connectivity index (χ1n) is 7.62. The van der Waals surface area contributed by atoms with E-state index in [0.717, 1.165) is 10.8 Å². The van der Waals surface area contributed by atoms with E-state index in [1.165, 1.54) is 0 Å². The number of hydrogen-bond acceptors (Lipinski definition) is 3. The van der Waals surface area contributed by atoms with Gasteiger partial charge in [0.1, 0.15) is 0 Å². The zero-order valence-electron chi connectivity index (χ0n) is 12.8. The molecule has 5 heteroatoms. The highest BCUT2D eigenvalue weighted by molar-refractivity contribution is 7.91. The predicted octanol–water partition coefficient (Wildman–Crippen LogP) is 2.66. The Balaban J connectivity index is 1.99. The number of carbonyl (C=O) groups is 1. The van der Waals surface area contributed by atoms with Gasteiger partial charge in [-0.05, 0) is 23.3 Å². The van der Waals surface area contributed by atoms with E-state index in [9.17, 15) is 13.2 Å². The summed E-state index contributed by atoms with van der Waals surface area (Å²) in [6.45, 7) is 4.05. The molecule has 0 aliphatic carbocycles. The van der Waals surface area contributed by atoms with Crippen LogP contribution in [0.2, 0.25) is 0 Å². The van der Waals surface area contributed by atoms with E-state index in [4.69, 9.17) is 0 Å². The molecule has 0 aromatic heterocycles. The molecule has 0 saturated carbocycles. The normalized spacial score (nSPS) is 19.6. The van der Waals surface area contributed by atoms with Crippen molar-refractivity contribution in [3.63, 3.8) is 0 Å². The average molecular weight is 329 g/mol. The summed E-state index contributed by atoms with van der Waals surface area (Å²) in [6, 6.07) is 13.0. The molecule has 1 atom stereocenters. The zero-order valence-corrected chi connectivity index (χ0v) is 13.6. The minimum absolute atomic E-state index is 0.0390. The van der Waals surface area contributed by atoms with Crippen LogP contribution >= 0.6 is 0 Å². The van der Waals surface area contributed by atoms with Crippen molar-refractivity contribution in [3.8, 4) is 0 Å². The van der Waals surface area contributed by atoms with Crippen molar-refractivity contribution in [2.75, 3.05) is 18.1 Å². The summed E-state index contributed by atoms with van der Waals surface area (Å²) in [5.41, 5.74) is 0.606. The van der Waals surface area contributed by atoms with E-state index < -0.39 is 9.84 Å². The van der Waals surface area contributed by atoms with Gasteiger partial charge in [-0.3, -0.25) is 4.79 Å². The zero-order chi connectivity index (χ0) is 16.4. The molecule has 1 fully saturated rings. The number of hydrogen-bond donors (Lipinski definition) is 0. The standard InChI is InChI=1S/C18H19NO3S/c1-2-11-19(15-10-12-23(21,22)13-15)18(20)17-9-5-7-14-6-3-4-8-16(14)17/h2-9,15H,1,10-13H2. The molecule has 120 valence electrons. The molecular formula is C18H19NO3S. The lowest BCUT2D eigenvalue weighted by molar-refractivity contribution is 0.0722. The van der Waals surface area contributed by atoms with Crippen molar-refractivity contribution in [1.82, 2.24) is 4.90 Å². The van der Waals surface area contributed by atoms with Gasteiger partial charge in [-0.1, -0.05) is 42.5 Å². The van der Waals surface area contributed by atoms with Gasteiger partial charge >= 0.3 is 0 Å². The lowest BCUT2D eigenvalue weighted by Crippen LogP contribution is -2.41. The summed E-state index contributed by atoms with van der Waals surface area (Å²) < 4.78 is 23.5. The predicted molar refractivity (Wildman–Crippen MR) is 92.2 cm³/mol. The quantitative estimate of drug-likeness (QED) is 0.810. The molecule has 0 spiro atoms. The topological polar surface area (TPSA) is 54.5 Å². The monoisotopic (exact) mass is 329 g/mol. The summed E-state index contributed by atoms with van der Waals surface area (Å²) in [7, 11) is -3.05. The van der Waals surface area contributed by atoms with Crippen molar-refractivity contribution in [3.05, 3.63) is 60.7 Å². The van der Waals surface area contributed by atoms with Crippen LogP contribution in [0.4, 0.5) is 0 Å². The van der Waals surface area contributed by atoms with Gasteiger partial charge in [0.15, 0.2) is 9.84 Å². The Bertz CT molecular complexity index is 852. The van der Waals surface area contributed by atoms with Crippen LogP contribution in [0.25, 0.3) is 10.8 Å². The number of rotatable bonds is 4. The third-order valence-corrected chi connectivity index (χ3v) is 6.01. The minimum atomic E-state index is -3.05. The maximum absolute atomic E-state index is 13.0.